The van der Waals surface area contributed by atoms with Crippen LogP contribution in [0.1, 0.15) is 38.7 Å². The molecule has 1 aromatic carbocycles. The Bertz CT molecular complexity index is 453. The van der Waals surface area contributed by atoms with Gasteiger partial charge in [0.15, 0.2) is 0 Å². The Labute approximate surface area is 120 Å². The first kappa shape index (κ1) is 14.9. The maximum atomic E-state index is 12.2. The summed E-state index contributed by atoms with van der Waals surface area (Å²) in [5.41, 5.74) is 0.751. The molecule has 0 spiro atoms. The van der Waals surface area contributed by atoms with Crippen LogP contribution >= 0.6 is 0 Å². The molecule has 2 atom stereocenters. The molecular weight excluding hydrogens is 254 g/mol. The maximum absolute atomic E-state index is 12.2. The van der Waals surface area contributed by atoms with Crippen molar-refractivity contribution in [1.29, 1.82) is 0 Å². The minimum Gasteiger partial charge on any atom is -0.444 e. The van der Waals surface area contributed by atoms with Crippen LogP contribution in [0.4, 0.5) is 4.79 Å². The van der Waals surface area contributed by atoms with Gasteiger partial charge in [-0.05, 0) is 26.3 Å². The molecule has 1 aromatic rings. The number of nitrogens with zero attached hydrogens (tertiary/aromatic N) is 1. The highest BCUT2D eigenvalue weighted by Gasteiger charge is 2.38. The maximum Gasteiger partial charge on any atom is 0.412 e. The van der Waals surface area contributed by atoms with Gasteiger partial charge in [0.2, 0.25) is 0 Å². The highest BCUT2D eigenvalue weighted by atomic mass is 16.6. The van der Waals surface area contributed by atoms with E-state index < -0.39 is 5.60 Å². The van der Waals surface area contributed by atoms with E-state index in [0.717, 1.165) is 6.42 Å². The Kier molecular flexibility index (Phi) is 4.33. The molecule has 1 heterocycles. The summed E-state index contributed by atoms with van der Waals surface area (Å²) < 4.78 is 10.9. The molecule has 1 saturated heterocycles. The van der Waals surface area contributed by atoms with Crippen LogP contribution in [0, 0.1) is 0 Å². The molecule has 110 valence electrons. The highest BCUT2D eigenvalue weighted by molar-refractivity contribution is 5.69. The monoisotopic (exact) mass is 277 g/mol. The standard InChI is InChI=1S/C16H23NO3/c1-16(2,3)20-15(18)17-11-13(10-14(17)19-4)12-8-6-5-7-9-12/h5-9,13-14H,10-11H2,1-4H3. The van der Waals surface area contributed by atoms with Gasteiger partial charge in [-0.3, -0.25) is 4.90 Å². The van der Waals surface area contributed by atoms with Gasteiger partial charge in [-0.2, -0.15) is 0 Å². The van der Waals surface area contributed by atoms with Gasteiger partial charge in [-0.25, -0.2) is 4.79 Å². The molecule has 0 aliphatic carbocycles. The molecule has 0 radical (unpaired) electrons. The molecular formula is C16H23NO3. The van der Waals surface area contributed by atoms with Gasteiger partial charge >= 0.3 is 6.09 Å². The summed E-state index contributed by atoms with van der Waals surface area (Å²) in [7, 11) is 1.63. The number of amides is 1. The summed E-state index contributed by atoms with van der Waals surface area (Å²) in [4.78, 5) is 13.9. The van der Waals surface area contributed by atoms with E-state index in [0.29, 0.717) is 12.5 Å². The van der Waals surface area contributed by atoms with Crippen LogP contribution < -0.4 is 0 Å². The minimum absolute atomic E-state index is 0.213. The van der Waals surface area contributed by atoms with Crippen molar-refractivity contribution >= 4 is 6.09 Å². The topological polar surface area (TPSA) is 38.8 Å². The van der Waals surface area contributed by atoms with Crippen molar-refractivity contribution in [2.45, 2.75) is 44.9 Å². The van der Waals surface area contributed by atoms with E-state index >= 15 is 0 Å². The Balaban J connectivity index is 2.09. The quantitative estimate of drug-likeness (QED) is 0.831. The van der Waals surface area contributed by atoms with E-state index in [4.69, 9.17) is 9.47 Å². The first-order valence-electron chi connectivity index (χ1n) is 6.98. The fraction of sp³-hybridized carbons (Fsp3) is 0.562. The number of carbonyl (C=O) groups is 1. The summed E-state index contributed by atoms with van der Waals surface area (Å²) in [5.74, 6) is 0.300. The molecule has 2 rings (SSSR count). The third kappa shape index (κ3) is 3.51. The zero-order valence-corrected chi connectivity index (χ0v) is 12.6. The van der Waals surface area contributed by atoms with Crippen LogP contribution in [0.15, 0.2) is 30.3 Å². The van der Waals surface area contributed by atoms with E-state index in [1.165, 1.54) is 5.56 Å². The van der Waals surface area contributed by atoms with Crippen molar-refractivity contribution in [3.8, 4) is 0 Å². The van der Waals surface area contributed by atoms with Crippen LogP contribution in [0.5, 0.6) is 0 Å². The molecule has 0 bridgehead atoms. The smallest absolute Gasteiger partial charge is 0.412 e. The Hall–Kier alpha value is -1.55. The molecule has 2 unspecified atom stereocenters. The summed E-state index contributed by atoms with van der Waals surface area (Å²) in [6.45, 7) is 6.25. The van der Waals surface area contributed by atoms with Crippen molar-refractivity contribution in [2.75, 3.05) is 13.7 Å². The average molecular weight is 277 g/mol. The number of carbonyl (C=O) groups excluding carboxylic acids is 1. The second kappa shape index (κ2) is 5.83. The minimum atomic E-state index is -0.486. The first-order chi connectivity index (χ1) is 9.40. The third-order valence-electron chi connectivity index (χ3n) is 3.42. The fourth-order valence-electron chi connectivity index (χ4n) is 2.50. The van der Waals surface area contributed by atoms with E-state index in [-0.39, 0.29) is 12.3 Å². The summed E-state index contributed by atoms with van der Waals surface area (Å²) in [6.07, 6.45) is 0.289. The molecule has 0 saturated carbocycles. The summed E-state index contributed by atoms with van der Waals surface area (Å²) in [6, 6.07) is 10.2. The van der Waals surface area contributed by atoms with Gasteiger partial charge < -0.3 is 9.47 Å². The Morgan fingerprint density at radius 1 is 1.25 bits per heavy atom. The normalized spacial score (nSPS) is 22.9. The molecule has 1 aliphatic heterocycles. The number of benzene rings is 1. The molecule has 20 heavy (non-hydrogen) atoms. The summed E-state index contributed by atoms with van der Waals surface area (Å²) in [5, 5.41) is 0. The van der Waals surface area contributed by atoms with Crippen molar-refractivity contribution in [2.24, 2.45) is 0 Å². The molecule has 4 heteroatoms. The number of hydrogen-bond donors (Lipinski definition) is 0. The summed E-state index contributed by atoms with van der Waals surface area (Å²) >= 11 is 0. The zero-order chi connectivity index (χ0) is 14.8. The van der Waals surface area contributed by atoms with Crippen LogP contribution in [-0.2, 0) is 9.47 Å². The van der Waals surface area contributed by atoms with Crippen molar-refractivity contribution in [3.63, 3.8) is 0 Å². The van der Waals surface area contributed by atoms with Gasteiger partial charge in [0.25, 0.3) is 0 Å². The van der Waals surface area contributed by atoms with Crippen molar-refractivity contribution < 1.29 is 14.3 Å². The van der Waals surface area contributed by atoms with Crippen molar-refractivity contribution in [3.05, 3.63) is 35.9 Å². The van der Waals surface area contributed by atoms with E-state index in [2.05, 4.69) is 12.1 Å². The van der Waals surface area contributed by atoms with E-state index in [1.54, 1.807) is 12.0 Å². The predicted molar refractivity (Wildman–Crippen MR) is 77.5 cm³/mol. The lowest BCUT2D eigenvalue weighted by Crippen LogP contribution is -2.40. The van der Waals surface area contributed by atoms with Crippen LogP contribution in [0.2, 0.25) is 0 Å². The molecule has 4 nitrogen and oxygen atoms in total. The van der Waals surface area contributed by atoms with E-state index in [9.17, 15) is 4.79 Å². The lowest BCUT2D eigenvalue weighted by molar-refractivity contribution is -0.0305. The average Bonchev–Trinajstić information content (AvgIpc) is 2.82. The zero-order valence-electron chi connectivity index (χ0n) is 12.6. The number of rotatable bonds is 2. The van der Waals surface area contributed by atoms with Crippen molar-refractivity contribution in [1.82, 2.24) is 4.90 Å². The number of hydrogen-bond acceptors (Lipinski definition) is 3. The van der Waals surface area contributed by atoms with Crippen LogP contribution in [0.25, 0.3) is 0 Å². The van der Waals surface area contributed by atoms with Crippen LogP contribution in [0.3, 0.4) is 0 Å². The third-order valence-corrected chi connectivity index (χ3v) is 3.42. The fourth-order valence-corrected chi connectivity index (χ4v) is 2.50. The highest BCUT2D eigenvalue weighted by Crippen LogP contribution is 2.32. The lowest BCUT2D eigenvalue weighted by Gasteiger charge is -2.27. The van der Waals surface area contributed by atoms with Gasteiger partial charge in [0.1, 0.15) is 11.8 Å². The number of ether oxygens (including phenoxy) is 2. The molecule has 0 aromatic heterocycles. The first-order valence-corrected chi connectivity index (χ1v) is 6.98. The lowest BCUT2D eigenvalue weighted by atomic mass is 9.98. The molecule has 0 N–H and O–H groups in total. The van der Waals surface area contributed by atoms with Gasteiger partial charge in [0.05, 0.1) is 0 Å². The second-order valence-electron chi connectivity index (χ2n) is 6.17. The molecule has 1 aliphatic rings. The predicted octanol–water partition coefficient (Wildman–Crippen LogP) is 3.38. The Morgan fingerprint density at radius 3 is 2.45 bits per heavy atom. The van der Waals surface area contributed by atoms with Gasteiger partial charge in [-0.1, -0.05) is 30.3 Å². The molecule has 1 fully saturated rings. The SMILES string of the molecule is COC1CC(c2ccccc2)CN1C(=O)OC(C)(C)C. The number of methoxy groups -OCH3 is 1. The Morgan fingerprint density at radius 2 is 1.90 bits per heavy atom. The molecule has 1 amide bonds. The van der Waals surface area contributed by atoms with Crippen LogP contribution in [-0.4, -0.2) is 36.5 Å². The largest absolute Gasteiger partial charge is 0.444 e. The van der Waals surface area contributed by atoms with Gasteiger partial charge in [-0.15, -0.1) is 0 Å². The number of likely N-dealkylation sites (tertiary alicyclic amines) is 1. The van der Waals surface area contributed by atoms with E-state index in [1.807, 2.05) is 39.0 Å². The van der Waals surface area contributed by atoms with Gasteiger partial charge in [0, 0.05) is 26.0 Å². The second-order valence-corrected chi connectivity index (χ2v) is 6.17.